The van der Waals surface area contributed by atoms with Gasteiger partial charge in [-0.2, -0.15) is 0 Å². The van der Waals surface area contributed by atoms with E-state index in [1.165, 1.54) is 6.08 Å². The van der Waals surface area contributed by atoms with E-state index in [0.29, 0.717) is 5.69 Å². The van der Waals surface area contributed by atoms with Crippen molar-refractivity contribution in [3.63, 3.8) is 0 Å². The average Bonchev–Trinajstić information content (AvgIpc) is 2.11. The van der Waals surface area contributed by atoms with Crippen LogP contribution < -0.4 is 0 Å². The van der Waals surface area contributed by atoms with E-state index in [0.717, 1.165) is 0 Å². The molecule has 0 fully saturated rings. The predicted molar refractivity (Wildman–Crippen MR) is 65.0 cm³/mol. The SMILES string of the molecule is C=C(Cl)/C=C(\C(=C)F)c1nc(C)cc(Cl)n1. The molecule has 2 nitrogen and oxygen atoms in total. The number of hydrogen-bond acceptors (Lipinski definition) is 2. The molecule has 0 bridgehead atoms. The molecule has 0 atom stereocenters. The Labute approximate surface area is 103 Å². The van der Waals surface area contributed by atoms with Crippen molar-refractivity contribution in [3.05, 3.63) is 52.8 Å². The lowest BCUT2D eigenvalue weighted by Crippen LogP contribution is -1.97. The maximum atomic E-state index is 13.2. The summed E-state index contributed by atoms with van der Waals surface area (Å²) < 4.78 is 13.2. The molecule has 5 heteroatoms. The monoisotopic (exact) mass is 258 g/mol. The minimum absolute atomic E-state index is 0.0746. The first-order valence-electron chi connectivity index (χ1n) is 4.32. The molecule has 16 heavy (non-hydrogen) atoms. The van der Waals surface area contributed by atoms with Gasteiger partial charge in [-0.1, -0.05) is 36.4 Å². The number of aromatic nitrogens is 2. The Balaban J connectivity index is 3.32. The van der Waals surface area contributed by atoms with Crippen LogP contribution in [-0.2, 0) is 0 Å². The van der Waals surface area contributed by atoms with Crippen LogP contribution in [0.4, 0.5) is 4.39 Å². The summed E-state index contributed by atoms with van der Waals surface area (Å²) in [4.78, 5) is 7.94. The van der Waals surface area contributed by atoms with Gasteiger partial charge in [0.05, 0.1) is 5.57 Å². The second kappa shape index (κ2) is 5.23. The summed E-state index contributed by atoms with van der Waals surface area (Å²) >= 11 is 11.3. The molecule has 1 aromatic heterocycles. The van der Waals surface area contributed by atoms with Gasteiger partial charge in [-0.15, -0.1) is 0 Å². The van der Waals surface area contributed by atoms with Crippen molar-refractivity contribution in [2.24, 2.45) is 0 Å². The molecule has 0 aromatic carbocycles. The Hall–Kier alpha value is -1.19. The standard InChI is InChI=1S/C11H9Cl2FN2/c1-6(12)4-9(8(3)14)11-15-7(2)5-10(13)16-11/h4-5H,1,3H2,2H3/b9-4+. The van der Waals surface area contributed by atoms with Crippen LogP contribution in [0.5, 0.6) is 0 Å². The van der Waals surface area contributed by atoms with E-state index >= 15 is 0 Å². The van der Waals surface area contributed by atoms with Crippen LogP contribution in [0.15, 0.2) is 36.2 Å². The highest BCUT2D eigenvalue weighted by atomic mass is 35.5. The number of halogens is 3. The van der Waals surface area contributed by atoms with Crippen LogP contribution in [0.2, 0.25) is 5.15 Å². The van der Waals surface area contributed by atoms with E-state index in [1.54, 1.807) is 13.0 Å². The molecule has 0 spiro atoms. The molecule has 84 valence electrons. The summed E-state index contributed by atoms with van der Waals surface area (Å²) in [7, 11) is 0. The Morgan fingerprint density at radius 1 is 1.44 bits per heavy atom. The Morgan fingerprint density at radius 3 is 2.50 bits per heavy atom. The molecule has 0 radical (unpaired) electrons. The lowest BCUT2D eigenvalue weighted by Gasteiger charge is -2.04. The van der Waals surface area contributed by atoms with Crippen LogP contribution in [0, 0.1) is 6.92 Å². The molecular formula is C11H9Cl2FN2. The number of hydrogen-bond donors (Lipinski definition) is 0. The van der Waals surface area contributed by atoms with Crippen molar-refractivity contribution in [1.82, 2.24) is 9.97 Å². The summed E-state index contributed by atoms with van der Waals surface area (Å²) in [6.45, 7) is 8.35. The largest absolute Gasteiger partial charge is 0.233 e. The third-order valence-corrected chi connectivity index (χ3v) is 1.96. The number of nitrogens with zero attached hydrogens (tertiary/aromatic N) is 2. The van der Waals surface area contributed by atoms with E-state index in [1.807, 2.05) is 0 Å². The van der Waals surface area contributed by atoms with Gasteiger partial charge in [-0.25, -0.2) is 14.4 Å². The zero-order valence-corrected chi connectivity index (χ0v) is 10.1. The smallest absolute Gasteiger partial charge is 0.164 e. The molecule has 0 aliphatic carbocycles. The maximum absolute atomic E-state index is 13.2. The molecule has 0 aliphatic heterocycles. The van der Waals surface area contributed by atoms with E-state index in [4.69, 9.17) is 23.2 Å². The topological polar surface area (TPSA) is 25.8 Å². The maximum Gasteiger partial charge on any atom is 0.164 e. The van der Waals surface area contributed by atoms with Gasteiger partial charge in [0.15, 0.2) is 5.82 Å². The molecule has 0 amide bonds. The molecule has 0 aliphatic rings. The molecule has 0 saturated heterocycles. The Kier molecular flexibility index (Phi) is 4.21. The van der Waals surface area contributed by atoms with Gasteiger partial charge in [0, 0.05) is 10.7 Å². The van der Waals surface area contributed by atoms with Crippen LogP contribution in [0.25, 0.3) is 5.57 Å². The first kappa shape index (κ1) is 12.9. The normalized spacial score (nSPS) is 11.4. The number of allylic oxidation sites excluding steroid dienone is 4. The lowest BCUT2D eigenvalue weighted by molar-refractivity contribution is 0.676. The van der Waals surface area contributed by atoms with Crippen molar-refractivity contribution in [3.8, 4) is 0 Å². The number of rotatable bonds is 3. The second-order valence-electron chi connectivity index (χ2n) is 3.07. The van der Waals surface area contributed by atoms with Gasteiger partial charge < -0.3 is 0 Å². The van der Waals surface area contributed by atoms with Crippen molar-refractivity contribution in [2.75, 3.05) is 0 Å². The van der Waals surface area contributed by atoms with E-state index < -0.39 is 5.83 Å². The summed E-state index contributed by atoms with van der Waals surface area (Å²) in [6.07, 6.45) is 1.30. The third-order valence-electron chi connectivity index (χ3n) is 1.66. The fourth-order valence-corrected chi connectivity index (χ4v) is 1.42. The Morgan fingerprint density at radius 2 is 2.06 bits per heavy atom. The van der Waals surface area contributed by atoms with Crippen molar-refractivity contribution < 1.29 is 4.39 Å². The molecule has 1 aromatic rings. The highest BCUT2D eigenvalue weighted by molar-refractivity contribution is 6.31. The third kappa shape index (κ3) is 3.43. The highest BCUT2D eigenvalue weighted by Gasteiger charge is 2.11. The van der Waals surface area contributed by atoms with E-state index in [9.17, 15) is 4.39 Å². The molecule has 1 heterocycles. The minimum atomic E-state index is -0.691. The van der Waals surface area contributed by atoms with Crippen LogP contribution in [0.3, 0.4) is 0 Å². The highest BCUT2D eigenvalue weighted by Crippen LogP contribution is 2.23. The molecular weight excluding hydrogens is 250 g/mol. The second-order valence-corrected chi connectivity index (χ2v) is 3.94. The summed E-state index contributed by atoms with van der Waals surface area (Å²) in [5.41, 5.74) is 0.702. The zero-order chi connectivity index (χ0) is 12.3. The first-order valence-corrected chi connectivity index (χ1v) is 5.08. The lowest BCUT2D eigenvalue weighted by atomic mass is 10.2. The van der Waals surface area contributed by atoms with Crippen molar-refractivity contribution in [1.29, 1.82) is 0 Å². The van der Waals surface area contributed by atoms with Crippen LogP contribution in [0.1, 0.15) is 11.5 Å². The summed E-state index contributed by atoms with van der Waals surface area (Å²) in [6, 6.07) is 1.57. The zero-order valence-electron chi connectivity index (χ0n) is 8.60. The first-order chi connectivity index (χ1) is 7.40. The quantitative estimate of drug-likeness (QED) is 0.604. The van der Waals surface area contributed by atoms with Gasteiger partial charge >= 0.3 is 0 Å². The van der Waals surface area contributed by atoms with E-state index in [-0.39, 0.29) is 21.6 Å². The van der Waals surface area contributed by atoms with Gasteiger partial charge in [0.25, 0.3) is 0 Å². The number of aryl methyl sites for hydroxylation is 1. The van der Waals surface area contributed by atoms with Crippen LogP contribution in [-0.4, -0.2) is 9.97 Å². The van der Waals surface area contributed by atoms with Crippen molar-refractivity contribution >= 4 is 28.8 Å². The van der Waals surface area contributed by atoms with Gasteiger partial charge in [-0.05, 0) is 19.1 Å². The fourth-order valence-electron chi connectivity index (χ4n) is 1.07. The summed E-state index contributed by atoms with van der Waals surface area (Å²) in [5.74, 6) is -0.553. The minimum Gasteiger partial charge on any atom is -0.233 e. The Bertz CT molecular complexity index is 461. The average molecular weight is 259 g/mol. The molecule has 0 unspecified atom stereocenters. The summed E-state index contributed by atoms with van der Waals surface area (Å²) in [5, 5.41) is 0.393. The van der Waals surface area contributed by atoms with Crippen molar-refractivity contribution in [2.45, 2.75) is 6.92 Å². The molecule has 0 saturated carbocycles. The van der Waals surface area contributed by atoms with Gasteiger partial charge in [0.2, 0.25) is 0 Å². The van der Waals surface area contributed by atoms with E-state index in [2.05, 4.69) is 23.1 Å². The van der Waals surface area contributed by atoms with Gasteiger partial charge in [0.1, 0.15) is 11.0 Å². The van der Waals surface area contributed by atoms with Gasteiger partial charge in [-0.3, -0.25) is 0 Å². The molecule has 0 N–H and O–H groups in total. The van der Waals surface area contributed by atoms with Crippen LogP contribution >= 0.6 is 23.2 Å². The predicted octanol–water partition coefficient (Wildman–Crippen LogP) is 4.06. The molecule has 1 rings (SSSR count). The fraction of sp³-hybridized carbons (Fsp3) is 0.0909.